The normalized spacial score (nSPS) is 19.5. The summed E-state index contributed by atoms with van der Waals surface area (Å²) < 4.78 is 29.9. The van der Waals surface area contributed by atoms with Gasteiger partial charge in [0.05, 0.1) is 5.69 Å². The van der Waals surface area contributed by atoms with Crippen molar-refractivity contribution < 1.29 is 23.4 Å². The minimum Gasteiger partial charge on any atom is -0.420 e. The first kappa shape index (κ1) is 22.6. The van der Waals surface area contributed by atoms with Crippen molar-refractivity contribution in [2.24, 2.45) is 5.92 Å². The van der Waals surface area contributed by atoms with Crippen LogP contribution in [-0.2, 0) is 6.42 Å². The molecule has 1 fully saturated rings. The smallest absolute Gasteiger partial charge is 0.420 e. The number of hydrogen-bond acceptors (Lipinski definition) is 5. The molecule has 0 atom stereocenters. The van der Waals surface area contributed by atoms with Gasteiger partial charge in [-0.15, -0.1) is 8.78 Å². The lowest BCUT2D eigenvalue weighted by Crippen LogP contribution is -2.45. The molecule has 10 heteroatoms. The molecule has 0 spiro atoms. The summed E-state index contributed by atoms with van der Waals surface area (Å²) in [5.41, 5.74) is 0.904. The number of ether oxygens (including phenoxy) is 1. The largest absolute Gasteiger partial charge is 0.487 e. The van der Waals surface area contributed by atoms with Crippen molar-refractivity contribution in [3.63, 3.8) is 0 Å². The predicted octanol–water partition coefficient (Wildman–Crippen LogP) is 4.63. The van der Waals surface area contributed by atoms with E-state index in [2.05, 4.69) is 25.2 Å². The Morgan fingerprint density at radius 2 is 2.03 bits per heavy atom. The number of benzene rings is 2. The van der Waals surface area contributed by atoms with Gasteiger partial charge >= 0.3 is 5.57 Å². The summed E-state index contributed by atoms with van der Waals surface area (Å²) in [5, 5.41) is 19.4. The van der Waals surface area contributed by atoms with Crippen LogP contribution in [-0.4, -0.2) is 46.0 Å². The lowest BCUT2D eigenvalue weighted by atomic mass is 9.79. The molecule has 5 rings (SSSR count). The second-order valence-electron chi connectivity index (χ2n) is 8.63. The number of fused-ring (bicyclic) bond motifs is 1. The molecule has 1 saturated carbocycles. The maximum atomic E-state index is 13.1. The fourth-order valence-corrected chi connectivity index (χ4v) is 4.82. The molecule has 0 unspecified atom stereocenters. The highest BCUT2D eigenvalue weighted by atomic mass is 35.5. The van der Waals surface area contributed by atoms with Crippen molar-refractivity contribution in [2.45, 2.75) is 30.9 Å². The molecule has 7 nitrogen and oxygen atoms in total. The van der Waals surface area contributed by atoms with Crippen LogP contribution in [0.1, 0.15) is 28.8 Å². The van der Waals surface area contributed by atoms with E-state index in [1.54, 1.807) is 6.20 Å². The molecule has 1 aromatic heterocycles. The standard InChI is InChI=1S/C24H23ClF2N4O3/c25-24(26,27)34-19-3-1-17(2-4-19)29-23(33)16-11-15-6-8-31(18-9-14(10-18)13-32)22(15)20(12-16)21-5-7-28-30-21/h1-5,7,11-12,14,18,32H,6,8-10,13H2,(H,28,30)(H,29,33). The zero-order chi connectivity index (χ0) is 23.9. The Hall–Kier alpha value is -3.17. The van der Waals surface area contributed by atoms with Gasteiger partial charge in [-0.1, -0.05) is 0 Å². The number of rotatable bonds is 7. The van der Waals surface area contributed by atoms with Crippen LogP contribution in [0.5, 0.6) is 5.75 Å². The highest BCUT2D eigenvalue weighted by molar-refractivity contribution is 6.20. The van der Waals surface area contributed by atoms with Crippen LogP contribution in [0, 0.1) is 5.92 Å². The van der Waals surface area contributed by atoms with Crippen LogP contribution in [0.15, 0.2) is 48.7 Å². The van der Waals surface area contributed by atoms with Gasteiger partial charge in [0, 0.05) is 59.5 Å². The first-order valence-electron chi connectivity index (χ1n) is 11.0. The quantitative estimate of drug-likeness (QED) is 0.422. The molecule has 2 aromatic carbocycles. The molecule has 1 amide bonds. The van der Waals surface area contributed by atoms with Crippen LogP contribution < -0.4 is 15.0 Å². The van der Waals surface area contributed by atoms with Gasteiger partial charge in [-0.05, 0) is 73.2 Å². The van der Waals surface area contributed by atoms with Crippen molar-refractivity contribution >= 4 is 28.9 Å². The zero-order valence-electron chi connectivity index (χ0n) is 18.1. The Bertz CT molecular complexity index is 1180. The Kier molecular flexibility index (Phi) is 5.91. The molecule has 2 heterocycles. The van der Waals surface area contributed by atoms with Gasteiger partial charge in [0.2, 0.25) is 0 Å². The van der Waals surface area contributed by atoms with E-state index in [9.17, 15) is 18.7 Å². The molecule has 3 aromatic rings. The summed E-state index contributed by atoms with van der Waals surface area (Å²) in [4.78, 5) is 15.4. The number of nitrogens with zero attached hydrogens (tertiary/aromatic N) is 2. The average Bonchev–Trinajstić information content (AvgIpc) is 3.43. The molecular formula is C24H23ClF2N4O3. The second-order valence-corrected chi connectivity index (χ2v) is 9.07. The molecule has 1 aliphatic heterocycles. The molecule has 178 valence electrons. The lowest BCUT2D eigenvalue weighted by Gasteiger charge is -2.42. The van der Waals surface area contributed by atoms with Crippen molar-refractivity contribution in [1.29, 1.82) is 0 Å². The molecule has 0 saturated heterocycles. The summed E-state index contributed by atoms with van der Waals surface area (Å²) in [6, 6.07) is 11.5. The van der Waals surface area contributed by atoms with E-state index in [-0.39, 0.29) is 18.3 Å². The van der Waals surface area contributed by atoms with Crippen LogP contribution in [0.2, 0.25) is 0 Å². The van der Waals surface area contributed by atoms with Crippen LogP contribution in [0.4, 0.5) is 20.2 Å². The number of H-pyrrole nitrogens is 1. The van der Waals surface area contributed by atoms with Crippen LogP contribution in [0.3, 0.4) is 0 Å². The Labute approximate surface area is 199 Å². The van der Waals surface area contributed by atoms with Gasteiger partial charge in [0.15, 0.2) is 0 Å². The number of alkyl halides is 3. The van der Waals surface area contributed by atoms with Gasteiger partial charge in [-0.3, -0.25) is 9.89 Å². The molecule has 0 radical (unpaired) electrons. The molecule has 34 heavy (non-hydrogen) atoms. The topological polar surface area (TPSA) is 90.5 Å². The van der Waals surface area contributed by atoms with Gasteiger partial charge < -0.3 is 20.1 Å². The minimum atomic E-state index is -3.80. The first-order valence-corrected chi connectivity index (χ1v) is 11.4. The number of hydrogen-bond donors (Lipinski definition) is 3. The number of anilines is 2. The molecular weight excluding hydrogens is 466 g/mol. The molecule has 1 aliphatic carbocycles. The van der Waals surface area contributed by atoms with E-state index in [0.717, 1.165) is 48.3 Å². The SMILES string of the molecule is O=C(Nc1ccc(OC(F)(F)Cl)cc1)c1cc2c(c(-c3cc[nH]n3)c1)N(C1CC(CO)C1)CC2. The summed E-state index contributed by atoms with van der Waals surface area (Å²) in [7, 11) is 0. The van der Waals surface area contributed by atoms with Gasteiger partial charge in [-0.25, -0.2) is 0 Å². The average molecular weight is 489 g/mol. The number of aliphatic hydroxyl groups excluding tert-OH is 1. The Morgan fingerprint density at radius 3 is 2.68 bits per heavy atom. The first-order chi connectivity index (χ1) is 16.3. The maximum absolute atomic E-state index is 13.1. The van der Waals surface area contributed by atoms with Gasteiger partial charge in [-0.2, -0.15) is 5.10 Å². The highest BCUT2D eigenvalue weighted by Gasteiger charge is 2.38. The van der Waals surface area contributed by atoms with E-state index in [1.807, 2.05) is 18.2 Å². The van der Waals surface area contributed by atoms with Crippen molar-refractivity contribution in [3.05, 3.63) is 59.8 Å². The zero-order valence-corrected chi connectivity index (χ0v) is 18.9. The van der Waals surface area contributed by atoms with E-state index in [1.165, 1.54) is 24.3 Å². The number of aromatic amines is 1. The van der Waals surface area contributed by atoms with Crippen molar-refractivity contribution in [1.82, 2.24) is 10.2 Å². The van der Waals surface area contributed by atoms with Crippen molar-refractivity contribution in [2.75, 3.05) is 23.4 Å². The Morgan fingerprint density at radius 1 is 1.26 bits per heavy atom. The summed E-state index contributed by atoms with van der Waals surface area (Å²) in [6.07, 6.45) is 4.46. The van der Waals surface area contributed by atoms with Gasteiger partial charge in [0.1, 0.15) is 5.75 Å². The van der Waals surface area contributed by atoms with Crippen molar-refractivity contribution in [3.8, 4) is 17.0 Å². The maximum Gasteiger partial charge on any atom is 0.487 e. The third-order valence-corrected chi connectivity index (χ3v) is 6.47. The number of halogens is 3. The third kappa shape index (κ3) is 4.58. The highest BCUT2D eigenvalue weighted by Crippen LogP contribution is 2.44. The molecule has 2 aliphatic rings. The molecule has 3 N–H and O–H groups in total. The predicted molar refractivity (Wildman–Crippen MR) is 124 cm³/mol. The van der Waals surface area contributed by atoms with Crippen LogP contribution in [0.25, 0.3) is 11.3 Å². The number of nitrogens with one attached hydrogen (secondary N) is 2. The van der Waals surface area contributed by atoms with Crippen LogP contribution >= 0.6 is 11.6 Å². The number of amides is 1. The molecule has 0 bridgehead atoms. The summed E-state index contributed by atoms with van der Waals surface area (Å²) in [6.45, 7) is 1.07. The minimum absolute atomic E-state index is 0.115. The monoisotopic (exact) mass is 488 g/mol. The summed E-state index contributed by atoms with van der Waals surface area (Å²) >= 11 is 4.79. The van der Waals surface area contributed by atoms with Gasteiger partial charge in [0.25, 0.3) is 5.91 Å². The fraction of sp³-hybridized carbons (Fsp3) is 0.333. The van der Waals surface area contributed by atoms with E-state index < -0.39 is 5.57 Å². The number of carbonyl (C=O) groups excluding carboxylic acids is 1. The number of aromatic nitrogens is 2. The Balaban J connectivity index is 1.40. The third-order valence-electron chi connectivity index (χ3n) is 6.39. The summed E-state index contributed by atoms with van der Waals surface area (Å²) in [5.74, 6) is -0.0883. The lowest BCUT2D eigenvalue weighted by molar-refractivity contribution is -0.0964. The van der Waals surface area contributed by atoms with E-state index in [0.29, 0.717) is 23.2 Å². The van der Waals surface area contributed by atoms with E-state index >= 15 is 0 Å². The second kappa shape index (κ2) is 8.88. The number of carbonyl (C=O) groups is 1. The number of aliphatic hydroxyl groups is 1. The van der Waals surface area contributed by atoms with E-state index in [4.69, 9.17) is 11.6 Å². The fourth-order valence-electron chi connectivity index (χ4n) is 4.73.